The van der Waals surface area contributed by atoms with Gasteiger partial charge < -0.3 is 15.2 Å². The fourth-order valence-electron chi connectivity index (χ4n) is 3.42. The Morgan fingerprint density at radius 1 is 1.22 bits per heavy atom. The maximum atomic E-state index is 11.9. The number of hydrogen-bond donors (Lipinski definition) is 2. The van der Waals surface area contributed by atoms with E-state index in [1.165, 1.54) is 0 Å². The standard InChI is InChI=1S/C18H25NO4/c1-17(2)9-6-10-18(12-17,15(20)21)13-19-16(22)23-11-14-7-4-3-5-8-14/h3-5,7-8H,6,9-13H2,1-2H3,(H,19,22)(H,20,21). The summed E-state index contributed by atoms with van der Waals surface area (Å²) in [6.07, 6.45) is 2.46. The van der Waals surface area contributed by atoms with Crippen LogP contribution in [0.4, 0.5) is 4.79 Å². The second-order valence-corrected chi connectivity index (χ2v) is 7.20. The summed E-state index contributed by atoms with van der Waals surface area (Å²) >= 11 is 0. The van der Waals surface area contributed by atoms with Crippen LogP contribution in [-0.4, -0.2) is 23.7 Å². The van der Waals surface area contributed by atoms with Crippen LogP contribution in [0.25, 0.3) is 0 Å². The van der Waals surface area contributed by atoms with Gasteiger partial charge in [0.2, 0.25) is 0 Å². The Labute approximate surface area is 137 Å². The second-order valence-electron chi connectivity index (χ2n) is 7.20. The molecule has 0 heterocycles. The summed E-state index contributed by atoms with van der Waals surface area (Å²) in [4.78, 5) is 23.6. The Kier molecular flexibility index (Phi) is 5.29. The maximum Gasteiger partial charge on any atom is 0.407 e. The molecule has 0 saturated heterocycles. The van der Waals surface area contributed by atoms with Gasteiger partial charge in [-0.05, 0) is 30.2 Å². The molecule has 0 aliphatic heterocycles. The maximum absolute atomic E-state index is 11.9. The van der Waals surface area contributed by atoms with Crippen LogP contribution in [0.2, 0.25) is 0 Å². The first kappa shape index (κ1) is 17.3. The molecule has 1 saturated carbocycles. The van der Waals surface area contributed by atoms with Gasteiger partial charge in [0.15, 0.2) is 0 Å². The van der Waals surface area contributed by atoms with Gasteiger partial charge in [0.05, 0.1) is 5.41 Å². The highest BCUT2D eigenvalue weighted by molar-refractivity contribution is 5.76. The lowest BCUT2D eigenvalue weighted by Gasteiger charge is -2.42. The summed E-state index contributed by atoms with van der Waals surface area (Å²) in [5.74, 6) is -0.839. The number of benzene rings is 1. The molecule has 23 heavy (non-hydrogen) atoms. The highest BCUT2D eigenvalue weighted by Crippen LogP contribution is 2.46. The zero-order valence-electron chi connectivity index (χ0n) is 13.8. The van der Waals surface area contributed by atoms with Crippen molar-refractivity contribution in [1.82, 2.24) is 5.32 Å². The lowest BCUT2D eigenvalue weighted by molar-refractivity contribution is -0.153. The van der Waals surface area contributed by atoms with E-state index in [-0.39, 0.29) is 18.6 Å². The van der Waals surface area contributed by atoms with E-state index in [0.717, 1.165) is 18.4 Å². The number of carboxylic acids is 1. The number of carbonyl (C=O) groups excluding carboxylic acids is 1. The largest absolute Gasteiger partial charge is 0.481 e. The van der Waals surface area contributed by atoms with Crippen molar-refractivity contribution in [2.75, 3.05) is 6.54 Å². The summed E-state index contributed by atoms with van der Waals surface area (Å²) in [6, 6.07) is 9.39. The predicted molar refractivity (Wildman–Crippen MR) is 86.9 cm³/mol. The van der Waals surface area contributed by atoms with Crippen molar-refractivity contribution >= 4 is 12.1 Å². The van der Waals surface area contributed by atoms with E-state index in [2.05, 4.69) is 19.2 Å². The van der Waals surface area contributed by atoms with Gasteiger partial charge in [-0.3, -0.25) is 4.79 Å². The third-order valence-electron chi connectivity index (χ3n) is 4.56. The molecule has 5 nitrogen and oxygen atoms in total. The third-order valence-corrected chi connectivity index (χ3v) is 4.56. The average molecular weight is 319 g/mol. The summed E-state index contributed by atoms with van der Waals surface area (Å²) in [5, 5.41) is 12.3. The van der Waals surface area contributed by atoms with Crippen molar-refractivity contribution in [3.63, 3.8) is 0 Å². The summed E-state index contributed by atoms with van der Waals surface area (Å²) < 4.78 is 5.15. The topological polar surface area (TPSA) is 75.6 Å². The molecule has 2 N–H and O–H groups in total. The predicted octanol–water partition coefficient (Wildman–Crippen LogP) is 3.58. The van der Waals surface area contributed by atoms with Crippen LogP contribution in [0.1, 0.15) is 45.1 Å². The minimum atomic E-state index is -0.895. The average Bonchev–Trinajstić information content (AvgIpc) is 2.51. The molecule has 1 aromatic carbocycles. The van der Waals surface area contributed by atoms with E-state index >= 15 is 0 Å². The van der Waals surface area contributed by atoms with Gasteiger partial charge in [-0.2, -0.15) is 0 Å². The van der Waals surface area contributed by atoms with Gasteiger partial charge in [0.1, 0.15) is 6.61 Å². The van der Waals surface area contributed by atoms with Gasteiger partial charge in [0, 0.05) is 6.54 Å². The van der Waals surface area contributed by atoms with E-state index in [4.69, 9.17) is 4.74 Å². The molecule has 1 aliphatic rings. The van der Waals surface area contributed by atoms with E-state index in [1.54, 1.807) is 0 Å². The minimum absolute atomic E-state index is 0.0216. The van der Waals surface area contributed by atoms with Crippen LogP contribution in [0.5, 0.6) is 0 Å². The first-order valence-corrected chi connectivity index (χ1v) is 8.01. The number of rotatable bonds is 5. The number of carboxylic acid groups (broad SMARTS) is 1. The Morgan fingerprint density at radius 2 is 1.91 bits per heavy atom. The Bertz CT molecular complexity index is 555. The molecule has 0 radical (unpaired) electrons. The second kappa shape index (κ2) is 7.02. The quantitative estimate of drug-likeness (QED) is 0.869. The highest BCUT2D eigenvalue weighted by Gasteiger charge is 2.46. The molecule has 1 atom stereocenters. The monoisotopic (exact) mass is 319 g/mol. The lowest BCUT2D eigenvalue weighted by Crippen LogP contribution is -2.47. The van der Waals surface area contributed by atoms with Crippen LogP contribution < -0.4 is 5.32 Å². The molecular formula is C18H25NO4. The van der Waals surface area contributed by atoms with Gasteiger partial charge >= 0.3 is 12.1 Å². The van der Waals surface area contributed by atoms with Crippen molar-refractivity contribution < 1.29 is 19.4 Å². The zero-order valence-corrected chi connectivity index (χ0v) is 13.8. The highest BCUT2D eigenvalue weighted by atomic mass is 16.5. The molecule has 1 fully saturated rings. The number of hydrogen-bond acceptors (Lipinski definition) is 3. The Hall–Kier alpha value is -2.04. The number of aliphatic carboxylic acids is 1. The number of carbonyl (C=O) groups is 2. The van der Waals surface area contributed by atoms with E-state index < -0.39 is 17.5 Å². The van der Waals surface area contributed by atoms with Gasteiger partial charge in [-0.15, -0.1) is 0 Å². The SMILES string of the molecule is CC1(C)CCCC(CNC(=O)OCc2ccccc2)(C(=O)O)C1. The molecule has 1 unspecified atom stereocenters. The number of amides is 1. The molecule has 0 aromatic heterocycles. The van der Waals surface area contributed by atoms with Crippen LogP contribution >= 0.6 is 0 Å². The van der Waals surface area contributed by atoms with E-state index in [9.17, 15) is 14.7 Å². The van der Waals surface area contributed by atoms with Gasteiger partial charge in [-0.25, -0.2) is 4.79 Å². The smallest absolute Gasteiger partial charge is 0.407 e. The van der Waals surface area contributed by atoms with Crippen molar-refractivity contribution in [2.24, 2.45) is 10.8 Å². The van der Waals surface area contributed by atoms with Crippen LogP contribution in [0.3, 0.4) is 0 Å². The Balaban J connectivity index is 1.89. The first-order valence-electron chi connectivity index (χ1n) is 8.01. The van der Waals surface area contributed by atoms with Gasteiger partial charge in [0.25, 0.3) is 0 Å². The van der Waals surface area contributed by atoms with Crippen molar-refractivity contribution in [1.29, 1.82) is 0 Å². The molecule has 1 amide bonds. The summed E-state index contributed by atoms with van der Waals surface area (Å²) in [5.41, 5.74) is -0.0193. The van der Waals surface area contributed by atoms with Crippen LogP contribution in [0, 0.1) is 10.8 Å². The minimum Gasteiger partial charge on any atom is -0.481 e. The summed E-state index contributed by atoms with van der Waals surface area (Å²) in [7, 11) is 0. The van der Waals surface area contributed by atoms with Crippen molar-refractivity contribution in [3.8, 4) is 0 Å². The molecule has 5 heteroatoms. The molecule has 1 aliphatic carbocycles. The molecular weight excluding hydrogens is 294 g/mol. The van der Waals surface area contributed by atoms with Crippen LogP contribution in [0.15, 0.2) is 30.3 Å². The molecule has 0 bridgehead atoms. The van der Waals surface area contributed by atoms with Crippen molar-refractivity contribution in [2.45, 2.75) is 46.1 Å². The number of alkyl carbamates (subject to hydrolysis) is 1. The van der Waals surface area contributed by atoms with E-state index in [1.807, 2.05) is 30.3 Å². The van der Waals surface area contributed by atoms with E-state index in [0.29, 0.717) is 12.8 Å². The number of nitrogens with one attached hydrogen (secondary N) is 1. The molecule has 126 valence electrons. The fraction of sp³-hybridized carbons (Fsp3) is 0.556. The third kappa shape index (κ3) is 4.71. The molecule has 1 aromatic rings. The molecule has 2 rings (SSSR count). The normalized spacial score (nSPS) is 23.0. The number of ether oxygens (including phenoxy) is 1. The van der Waals surface area contributed by atoms with Gasteiger partial charge in [-0.1, -0.05) is 50.6 Å². The lowest BCUT2D eigenvalue weighted by atomic mass is 9.63. The first-order chi connectivity index (χ1) is 10.8. The zero-order chi connectivity index (χ0) is 16.9. The van der Waals surface area contributed by atoms with Crippen LogP contribution in [-0.2, 0) is 16.1 Å². The van der Waals surface area contributed by atoms with Crippen molar-refractivity contribution in [3.05, 3.63) is 35.9 Å². The fourth-order valence-corrected chi connectivity index (χ4v) is 3.42. The molecule has 0 spiro atoms. The summed E-state index contributed by atoms with van der Waals surface area (Å²) in [6.45, 7) is 4.45. The Morgan fingerprint density at radius 3 is 2.52 bits per heavy atom.